The lowest BCUT2D eigenvalue weighted by atomic mass is 10.2. The van der Waals surface area contributed by atoms with Gasteiger partial charge >= 0.3 is 0 Å². The van der Waals surface area contributed by atoms with E-state index in [1.54, 1.807) is 10.7 Å². The van der Waals surface area contributed by atoms with Gasteiger partial charge in [0.1, 0.15) is 28.8 Å². The molecule has 0 spiro atoms. The number of hydrogen-bond acceptors (Lipinski definition) is 6. The van der Waals surface area contributed by atoms with Crippen LogP contribution in [-0.2, 0) is 13.2 Å². The Morgan fingerprint density at radius 2 is 2.04 bits per heavy atom. The number of para-hydroxylation sites is 1. The fourth-order valence-corrected chi connectivity index (χ4v) is 2.97. The Labute approximate surface area is 160 Å². The van der Waals surface area contributed by atoms with Gasteiger partial charge < -0.3 is 9.47 Å². The van der Waals surface area contributed by atoms with Crippen molar-refractivity contribution in [1.82, 2.24) is 19.7 Å². The van der Waals surface area contributed by atoms with Crippen LogP contribution >= 0.6 is 11.6 Å². The van der Waals surface area contributed by atoms with Crippen LogP contribution in [0.15, 0.2) is 42.6 Å². The highest BCUT2D eigenvalue weighted by atomic mass is 35.5. The second kappa shape index (κ2) is 7.24. The summed E-state index contributed by atoms with van der Waals surface area (Å²) in [6, 6.07) is 11.2. The molecule has 1 amide bonds. The second-order valence-electron chi connectivity index (χ2n) is 5.83. The number of hydrogen-bond donors (Lipinski definition) is 0. The van der Waals surface area contributed by atoms with E-state index in [2.05, 4.69) is 15.1 Å². The zero-order chi connectivity index (χ0) is 18.8. The van der Waals surface area contributed by atoms with Gasteiger partial charge in [0.05, 0.1) is 19.9 Å². The summed E-state index contributed by atoms with van der Waals surface area (Å²) in [5.41, 5.74) is 1.14. The molecule has 4 rings (SSSR count). The van der Waals surface area contributed by atoms with Gasteiger partial charge in [0.25, 0.3) is 5.91 Å². The number of rotatable bonds is 5. The van der Waals surface area contributed by atoms with Gasteiger partial charge in [0.2, 0.25) is 11.8 Å². The Morgan fingerprint density at radius 3 is 2.81 bits per heavy atom. The van der Waals surface area contributed by atoms with Crippen LogP contribution in [0.25, 0.3) is 0 Å². The third-order valence-corrected chi connectivity index (χ3v) is 4.35. The molecule has 3 heterocycles. The molecule has 0 atom stereocenters. The Bertz CT molecular complexity index is 976. The molecule has 2 aromatic heterocycles. The van der Waals surface area contributed by atoms with E-state index in [0.29, 0.717) is 24.5 Å². The van der Waals surface area contributed by atoms with E-state index in [1.165, 1.54) is 18.2 Å². The summed E-state index contributed by atoms with van der Waals surface area (Å²) in [5.74, 6) is 0.989. The SMILES string of the molecule is COc1nc(N2CCn3nc(COc4ccccc4)cc3C2=O)ncc1Cl. The number of carbonyl (C=O) groups excluding carboxylic acids is 1. The van der Waals surface area contributed by atoms with Crippen LogP contribution in [-0.4, -0.2) is 39.3 Å². The van der Waals surface area contributed by atoms with E-state index in [9.17, 15) is 4.79 Å². The first-order valence-corrected chi connectivity index (χ1v) is 8.66. The molecule has 0 saturated heterocycles. The number of fused-ring (bicyclic) bond motifs is 1. The predicted molar refractivity (Wildman–Crippen MR) is 98.3 cm³/mol. The summed E-state index contributed by atoms with van der Waals surface area (Å²) in [6.45, 7) is 1.21. The third-order valence-electron chi connectivity index (χ3n) is 4.09. The largest absolute Gasteiger partial charge is 0.487 e. The van der Waals surface area contributed by atoms with Gasteiger partial charge in [-0.15, -0.1) is 0 Å². The maximum absolute atomic E-state index is 12.9. The molecule has 0 radical (unpaired) electrons. The first-order valence-electron chi connectivity index (χ1n) is 8.28. The lowest BCUT2D eigenvalue weighted by molar-refractivity contribution is 0.0960. The fourth-order valence-electron chi connectivity index (χ4n) is 2.80. The minimum atomic E-state index is -0.232. The van der Waals surface area contributed by atoms with Crippen molar-refractivity contribution in [2.24, 2.45) is 0 Å². The molecule has 0 N–H and O–H groups in total. The normalized spacial score (nSPS) is 13.4. The summed E-state index contributed by atoms with van der Waals surface area (Å²) < 4.78 is 12.5. The highest BCUT2D eigenvalue weighted by Crippen LogP contribution is 2.25. The molecular weight excluding hydrogens is 370 g/mol. The molecule has 0 bridgehead atoms. The average Bonchev–Trinajstić information content (AvgIpc) is 3.12. The van der Waals surface area contributed by atoms with Crippen LogP contribution in [0.4, 0.5) is 5.95 Å². The molecule has 0 saturated carbocycles. The second-order valence-corrected chi connectivity index (χ2v) is 6.24. The van der Waals surface area contributed by atoms with Crippen molar-refractivity contribution < 1.29 is 14.3 Å². The van der Waals surface area contributed by atoms with E-state index in [4.69, 9.17) is 21.1 Å². The minimum Gasteiger partial charge on any atom is -0.487 e. The Balaban J connectivity index is 1.53. The van der Waals surface area contributed by atoms with E-state index < -0.39 is 0 Å². The molecule has 1 aromatic carbocycles. The average molecular weight is 386 g/mol. The Kier molecular flexibility index (Phi) is 4.64. The van der Waals surface area contributed by atoms with Crippen LogP contribution in [0.1, 0.15) is 16.2 Å². The summed E-state index contributed by atoms with van der Waals surface area (Å²) in [6.07, 6.45) is 1.42. The van der Waals surface area contributed by atoms with E-state index in [1.807, 2.05) is 30.3 Å². The number of methoxy groups -OCH3 is 1. The standard InChI is InChI=1S/C18H16ClN5O3/c1-26-16-14(19)10-20-18(21-16)23-7-8-24-15(17(23)25)9-12(22-24)11-27-13-5-3-2-4-6-13/h2-6,9-10H,7-8,11H2,1H3. The van der Waals surface area contributed by atoms with Crippen molar-refractivity contribution in [3.63, 3.8) is 0 Å². The molecule has 138 valence electrons. The molecule has 3 aromatic rings. The van der Waals surface area contributed by atoms with E-state index in [0.717, 1.165) is 5.75 Å². The Morgan fingerprint density at radius 1 is 1.22 bits per heavy atom. The van der Waals surface area contributed by atoms with E-state index in [-0.39, 0.29) is 29.4 Å². The Hall–Kier alpha value is -3.13. The fraction of sp³-hybridized carbons (Fsp3) is 0.222. The van der Waals surface area contributed by atoms with Crippen LogP contribution in [0, 0.1) is 0 Å². The van der Waals surface area contributed by atoms with Gasteiger partial charge in [0.15, 0.2) is 0 Å². The number of aromatic nitrogens is 4. The van der Waals surface area contributed by atoms with Crippen molar-refractivity contribution in [3.05, 3.63) is 59.0 Å². The monoisotopic (exact) mass is 385 g/mol. The number of nitrogens with zero attached hydrogens (tertiary/aromatic N) is 5. The maximum Gasteiger partial charge on any atom is 0.278 e. The minimum absolute atomic E-state index is 0.227. The van der Waals surface area contributed by atoms with Crippen molar-refractivity contribution in [2.75, 3.05) is 18.6 Å². The van der Waals surface area contributed by atoms with Gasteiger partial charge in [0, 0.05) is 6.54 Å². The molecule has 1 aliphatic rings. The van der Waals surface area contributed by atoms with Gasteiger partial charge in [-0.05, 0) is 18.2 Å². The molecule has 27 heavy (non-hydrogen) atoms. The summed E-state index contributed by atoms with van der Waals surface area (Å²) in [5, 5.41) is 4.74. The number of amides is 1. The van der Waals surface area contributed by atoms with Gasteiger partial charge in [-0.2, -0.15) is 10.1 Å². The van der Waals surface area contributed by atoms with Crippen molar-refractivity contribution in [3.8, 4) is 11.6 Å². The van der Waals surface area contributed by atoms with Gasteiger partial charge in [-0.3, -0.25) is 14.4 Å². The number of ether oxygens (including phenoxy) is 2. The summed E-state index contributed by atoms with van der Waals surface area (Å²) in [4.78, 5) is 22.7. The highest BCUT2D eigenvalue weighted by molar-refractivity contribution is 6.31. The number of anilines is 1. The molecule has 0 unspecified atom stereocenters. The lowest BCUT2D eigenvalue weighted by Crippen LogP contribution is -2.41. The smallest absolute Gasteiger partial charge is 0.278 e. The first kappa shape index (κ1) is 17.3. The zero-order valence-electron chi connectivity index (χ0n) is 14.5. The summed E-state index contributed by atoms with van der Waals surface area (Å²) >= 11 is 5.96. The maximum atomic E-state index is 12.9. The van der Waals surface area contributed by atoms with Crippen molar-refractivity contribution in [2.45, 2.75) is 13.2 Å². The zero-order valence-corrected chi connectivity index (χ0v) is 15.3. The molecule has 0 aliphatic carbocycles. The van der Waals surface area contributed by atoms with Crippen LogP contribution < -0.4 is 14.4 Å². The van der Waals surface area contributed by atoms with Crippen molar-refractivity contribution in [1.29, 1.82) is 0 Å². The first-order chi connectivity index (χ1) is 13.2. The predicted octanol–water partition coefficient (Wildman–Crippen LogP) is 2.57. The number of carbonyl (C=O) groups is 1. The molecule has 0 fully saturated rings. The highest BCUT2D eigenvalue weighted by Gasteiger charge is 2.29. The van der Waals surface area contributed by atoms with Crippen LogP contribution in [0.2, 0.25) is 5.02 Å². The van der Waals surface area contributed by atoms with Crippen molar-refractivity contribution >= 4 is 23.5 Å². The van der Waals surface area contributed by atoms with E-state index >= 15 is 0 Å². The van der Waals surface area contributed by atoms with Crippen LogP contribution in [0.5, 0.6) is 11.6 Å². The number of benzene rings is 1. The summed E-state index contributed by atoms with van der Waals surface area (Å²) in [7, 11) is 1.46. The lowest BCUT2D eigenvalue weighted by Gasteiger charge is -2.25. The molecule has 9 heteroatoms. The topological polar surface area (TPSA) is 82.4 Å². The van der Waals surface area contributed by atoms with Gasteiger partial charge in [-0.1, -0.05) is 29.8 Å². The quantitative estimate of drug-likeness (QED) is 0.671. The van der Waals surface area contributed by atoms with Gasteiger partial charge in [-0.25, -0.2) is 4.98 Å². The number of halogens is 1. The third kappa shape index (κ3) is 3.43. The van der Waals surface area contributed by atoms with Crippen LogP contribution in [0.3, 0.4) is 0 Å². The molecule has 1 aliphatic heterocycles. The molecular formula is C18H16ClN5O3. The molecule has 8 nitrogen and oxygen atoms in total.